The van der Waals surface area contributed by atoms with Crippen LogP contribution in [0.5, 0.6) is 0 Å². The summed E-state index contributed by atoms with van der Waals surface area (Å²) in [6.07, 6.45) is 5.52. The van der Waals surface area contributed by atoms with Crippen molar-refractivity contribution in [2.24, 2.45) is 0 Å². The number of nitrogens with zero attached hydrogens (tertiary/aromatic N) is 2. The van der Waals surface area contributed by atoms with E-state index in [0.29, 0.717) is 10.9 Å². The maximum absolute atomic E-state index is 12.3. The lowest BCUT2D eigenvalue weighted by molar-refractivity contribution is 0.577. The van der Waals surface area contributed by atoms with Gasteiger partial charge in [-0.25, -0.2) is 0 Å². The van der Waals surface area contributed by atoms with Crippen LogP contribution in [-0.4, -0.2) is 23.1 Å². The molecule has 0 amide bonds. The highest BCUT2D eigenvalue weighted by Crippen LogP contribution is 2.32. The van der Waals surface area contributed by atoms with Gasteiger partial charge in [0.1, 0.15) is 0 Å². The minimum Gasteiger partial charge on any atom is -0.371 e. The zero-order chi connectivity index (χ0) is 16.5. The number of fused-ring (bicyclic) bond motifs is 1. The molecule has 2 aromatic heterocycles. The Kier molecular flexibility index (Phi) is 4.10. The molecular weight excluding hydrogens is 366 g/mol. The van der Waals surface area contributed by atoms with Gasteiger partial charge in [-0.1, -0.05) is 6.07 Å². The predicted molar refractivity (Wildman–Crippen MR) is 102 cm³/mol. The van der Waals surface area contributed by atoms with Crippen LogP contribution in [0.25, 0.3) is 22.2 Å². The smallest absolute Gasteiger partial charge is 0.257 e. The van der Waals surface area contributed by atoms with Crippen molar-refractivity contribution in [3.63, 3.8) is 0 Å². The maximum atomic E-state index is 12.3. The van der Waals surface area contributed by atoms with Crippen molar-refractivity contribution in [2.75, 3.05) is 18.0 Å². The van der Waals surface area contributed by atoms with E-state index in [0.717, 1.165) is 28.8 Å². The number of pyridine rings is 2. The molecule has 3 heterocycles. The van der Waals surface area contributed by atoms with Crippen LogP contribution in [0.1, 0.15) is 19.3 Å². The zero-order valence-electron chi connectivity index (χ0n) is 13.3. The molecule has 1 fully saturated rings. The van der Waals surface area contributed by atoms with Gasteiger partial charge in [-0.05, 0) is 71.1 Å². The molecule has 0 saturated carbocycles. The third kappa shape index (κ3) is 2.84. The van der Waals surface area contributed by atoms with Crippen molar-refractivity contribution >= 4 is 32.5 Å². The highest BCUT2D eigenvalue weighted by atomic mass is 79.9. The summed E-state index contributed by atoms with van der Waals surface area (Å²) in [5.41, 5.74) is 3.60. The molecule has 3 aromatic rings. The van der Waals surface area contributed by atoms with Gasteiger partial charge in [0.05, 0.1) is 22.3 Å². The molecule has 5 heteroatoms. The van der Waals surface area contributed by atoms with Gasteiger partial charge < -0.3 is 9.88 Å². The third-order valence-corrected chi connectivity index (χ3v) is 5.20. The summed E-state index contributed by atoms with van der Waals surface area (Å²) in [4.78, 5) is 21.9. The Morgan fingerprint density at radius 1 is 1.08 bits per heavy atom. The molecule has 1 aromatic carbocycles. The number of aromatic amines is 1. The van der Waals surface area contributed by atoms with Gasteiger partial charge in [0.25, 0.3) is 5.56 Å². The Bertz CT molecular complexity index is 945. The van der Waals surface area contributed by atoms with Crippen LogP contribution in [0.4, 0.5) is 5.69 Å². The lowest BCUT2D eigenvalue weighted by Gasteiger charge is -2.29. The number of aromatic nitrogens is 2. The summed E-state index contributed by atoms with van der Waals surface area (Å²) in [6, 6.07) is 11.8. The molecule has 24 heavy (non-hydrogen) atoms. The van der Waals surface area contributed by atoms with Crippen LogP contribution in [-0.2, 0) is 0 Å². The normalized spacial score (nSPS) is 15.0. The molecule has 1 aliphatic heterocycles. The SMILES string of the molecule is O=c1[nH]c(-c2ccc(N3CCCCC3)c(Br)c2)cc2ncccc12. The van der Waals surface area contributed by atoms with Crippen LogP contribution in [0.2, 0.25) is 0 Å². The fraction of sp³-hybridized carbons (Fsp3) is 0.263. The van der Waals surface area contributed by atoms with E-state index in [4.69, 9.17) is 0 Å². The van der Waals surface area contributed by atoms with Gasteiger partial charge in [0.15, 0.2) is 0 Å². The van der Waals surface area contributed by atoms with Crippen molar-refractivity contribution in [1.82, 2.24) is 9.97 Å². The molecule has 0 bridgehead atoms. The van der Waals surface area contributed by atoms with Crippen LogP contribution >= 0.6 is 15.9 Å². The van der Waals surface area contributed by atoms with Crippen molar-refractivity contribution in [1.29, 1.82) is 0 Å². The standard InChI is InChI=1S/C19H18BrN3O/c20-15-11-13(6-7-18(15)23-9-2-1-3-10-23)16-12-17-14(19(24)22-16)5-4-8-21-17/h4-8,11-12H,1-3,9-10H2,(H,22,24). The Balaban J connectivity index is 1.74. The average molecular weight is 384 g/mol. The van der Waals surface area contributed by atoms with Gasteiger partial charge in [0.2, 0.25) is 0 Å². The molecule has 0 spiro atoms. The quantitative estimate of drug-likeness (QED) is 0.715. The van der Waals surface area contributed by atoms with E-state index in [2.05, 4.69) is 49.0 Å². The molecule has 0 radical (unpaired) electrons. The first-order valence-corrected chi connectivity index (χ1v) is 9.04. The van der Waals surface area contributed by atoms with E-state index in [9.17, 15) is 4.79 Å². The third-order valence-electron chi connectivity index (χ3n) is 4.57. The highest BCUT2D eigenvalue weighted by Gasteiger charge is 2.14. The molecule has 122 valence electrons. The molecule has 4 rings (SSSR count). The first kappa shape index (κ1) is 15.4. The number of hydrogen-bond donors (Lipinski definition) is 1. The molecular formula is C19H18BrN3O. The summed E-state index contributed by atoms with van der Waals surface area (Å²) < 4.78 is 1.06. The van der Waals surface area contributed by atoms with Gasteiger partial charge in [-0.3, -0.25) is 9.78 Å². The Morgan fingerprint density at radius 3 is 2.71 bits per heavy atom. The van der Waals surface area contributed by atoms with Crippen molar-refractivity contribution in [3.05, 3.63) is 57.4 Å². The van der Waals surface area contributed by atoms with Gasteiger partial charge in [0, 0.05) is 23.8 Å². The summed E-state index contributed by atoms with van der Waals surface area (Å²) in [5, 5.41) is 0.616. The number of H-pyrrole nitrogens is 1. The number of anilines is 1. The van der Waals surface area contributed by atoms with E-state index in [1.807, 2.05) is 6.07 Å². The Hall–Kier alpha value is -2.14. The number of hydrogen-bond acceptors (Lipinski definition) is 3. The molecule has 0 unspecified atom stereocenters. The average Bonchev–Trinajstić information content (AvgIpc) is 2.62. The second kappa shape index (κ2) is 6.40. The summed E-state index contributed by atoms with van der Waals surface area (Å²) >= 11 is 3.70. The monoisotopic (exact) mass is 383 g/mol. The minimum absolute atomic E-state index is 0.105. The molecule has 1 saturated heterocycles. The highest BCUT2D eigenvalue weighted by molar-refractivity contribution is 9.10. The van der Waals surface area contributed by atoms with Crippen molar-refractivity contribution in [3.8, 4) is 11.3 Å². The Labute approximate surface area is 148 Å². The molecule has 1 N–H and O–H groups in total. The van der Waals surface area contributed by atoms with Crippen LogP contribution in [0.15, 0.2) is 51.9 Å². The van der Waals surface area contributed by atoms with Gasteiger partial charge in [-0.15, -0.1) is 0 Å². The Morgan fingerprint density at radius 2 is 1.92 bits per heavy atom. The van der Waals surface area contributed by atoms with Crippen molar-refractivity contribution in [2.45, 2.75) is 19.3 Å². The summed E-state index contributed by atoms with van der Waals surface area (Å²) in [6.45, 7) is 2.21. The molecule has 0 aliphatic carbocycles. The number of nitrogens with one attached hydrogen (secondary N) is 1. The van der Waals surface area contributed by atoms with Crippen LogP contribution in [0, 0.1) is 0 Å². The van der Waals surface area contributed by atoms with Gasteiger partial charge in [-0.2, -0.15) is 0 Å². The number of halogens is 1. The van der Waals surface area contributed by atoms with E-state index in [-0.39, 0.29) is 5.56 Å². The fourth-order valence-electron chi connectivity index (χ4n) is 3.31. The van der Waals surface area contributed by atoms with Crippen molar-refractivity contribution < 1.29 is 0 Å². The lowest BCUT2D eigenvalue weighted by Crippen LogP contribution is -2.29. The minimum atomic E-state index is -0.105. The van der Waals surface area contributed by atoms with E-state index < -0.39 is 0 Å². The lowest BCUT2D eigenvalue weighted by atomic mass is 10.1. The zero-order valence-corrected chi connectivity index (χ0v) is 14.8. The number of piperidine rings is 1. The predicted octanol–water partition coefficient (Wildman–Crippen LogP) is 4.34. The topological polar surface area (TPSA) is 49.0 Å². The van der Waals surface area contributed by atoms with E-state index in [1.54, 1.807) is 18.3 Å². The fourth-order valence-corrected chi connectivity index (χ4v) is 3.94. The van der Waals surface area contributed by atoms with E-state index in [1.165, 1.54) is 24.9 Å². The van der Waals surface area contributed by atoms with E-state index >= 15 is 0 Å². The maximum Gasteiger partial charge on any atom is 0.257 e. The first-order chi connectivity index (χ1) is 11.7. The van der Waals surface area contributed by atoms with Crippen LogP contribution in [0.3, 0.4) is 0 Å². The number of benzene rings is 1. The molecule has 1 aliphatic rings. The number of rotatable bonds is 2. The van der Waals surface area contributed by atoms with Crippen LogP contribution < -0.4 is 10.5 Å². The summed E-state index contributed by atoms with van der Waals surface area (Å²) in [5.74, 6) is 0. The summed E-state index contributed by atoms with van der Waals surface area (Å²) in [7, 11) is 0. The molecule has 0 atom stereocenters. The van der Waals surface area contributed by atoms with Gasteiger partial charge >= 0.3 is 0 Å². The first-order valence-electron chi connectivity index (χ1n) is 8.25. The largest absolute Gasteiger partial charge is 0.371 e. The second-order valence-electron chi connectivity index (χ2n) is 6.16. The second-order valence-corrected chi connectivity index (χ2v) is 7.02. The molecule has 4 nitrogen and oxygen atoms in total.